The molecule has 0 aliphatic heterocycles. The average molecular weight is 461 g/mol. The number of rotatable bonds is 9. The summed E-state index contributed by atoms with van der Waals surface area (Å²) in [5.74, 6) is -0.257. The van der Waals surface area contributed by atoms with E-state index in [1.165, 1.54) is 15.6 Å². The zero-order chi connectivity index (χ0) is 22.6. The van der Waals surface area contributed by atoms with E-state index in [-0.39, 0.29) is 10.8 Å². The lowest BCUT2D eigenvalue weighted by Crippen LogP contribution is -2.32. The minimum absolute atomic E-state index is 0.252. The Morgan fingerprint density at radius 3 is 2.42 bits per heavy atom. The number of carbonyl (C=O) groups is 1. The van der Waals surface area contributed by atoms with Crippen LogP contribution in [0.15, 0.2) is 47.4 Å². The van der Waals surface area contributed by atoms with E-state index >= 15 is 0 Å². The molecule has 3 rings (SSSR count). The first-order valence-corrected chi connectivity index (χ1v) is 12.5. The van der Waals surface area contributed by atoms with Crippen LogP contribution in [0.4, 0.5) is 10.8 Å². The number of sulfonamides is 1. The van der Waals surface area contributed by atoms with Crippen LogP contribution in [0.25, 0.3) is 10.2 Å². The Kier molecular flexibility index (Phi) is 7.30. The number of hydrogen-bond donors (Lipinski definition) is 1. The van der Waals surface area contributed by atoms with Gasteiger partial charge in [0.2, 0.25) is 10.0 Å². The summed E-state index contributed by atoms with van der Waals surface area (Å²) in [6.45, 7) is 4.91. The van der Waals surface area contributed by atoms with Crippen LogP contribution in [0, 0.1) is 0 Å². The highest BCUT2D eigenvalue weighted by atomic mass is 32.2. The number of amides is 1. The number of aromatic nitrogens is 1. The predicted molar refractivity (Wildman–Crippen MR) is 128 cm³/mol. The fraction of sp³-hybridized carbons (Fsp3) is 0.364. The Balaban J connectivity index is 1.85. The van der Waals surface area contributed by atoms with E-state index in [0.29, 0.717) is 34.0 Å². The van der Waals surface area contributed by atoms with Crippen LogP contribution in [-0.4, -0.2) is 50.8 Å². The standard InChI is InChI=1S/C22H28N4O3S2/c1-5-12-26(13-6-2)31(28,29)18-10-11-19-20(15-18)30-22(23-19)24-21(27)16-8-7-9-17(14-16)25(3)4/h7-11,14-15H,5-6,12-13H2,1-4H3,(H,23,24,27). The predicted octanol–water partition coefficient (Wildman–Crippen LogP) is 4.43. The quantitative estimate of drug-likeness (QED) is 0.511. The van der Waals surface area contributed by atoms with Crippen molar-refractivity contribution in [3.63, 3.8) is 0 Å². The minimum Gasteiger partial charge on any atom is -0.378 e. The molecular formula is C22H28N4O3S2. The lowest BCUT2D eigenvalue weighted by molar-refractivity contribution is 0.102. The molecule has 0 atom stereocenters. The van der Waals surface area contributed by atoms with Crippen LogP contribution in [0.3, 0.4) is 0 Å². The summed E-state index contributed by atoms with van der Waals surface area (Å²) < 4.78 is 28.3. The third-order valence-electron chi connectivity index (χ3n) is 4.79. The van der Waals surface area contributed by atoms with Crippen LogP contribution >= 0.6 is 11.3 Å². The Morgan fingerprint density at radius 1 is 1.06 bits per heavy atom. The molecule has 0 aliphatic rings. The smallest absolute Gasteiger partial charge is 0.257 e. The molecule has 3 aromatic rings. The van der Waals surface area contributed by atoms with Gasteiger partial charge in [0, 0.05) is 38.4 Å². The molecule has 0 unspecified atom stereocenters. The summed E-state index contributed by atoms with van der Waals surface area (Å²) in [7, 11) is 0.264. The molecule has 166 valence electrons. The van der Waals surface area contributed by atoms with Gasteiger partial charge in [-0.2, -0.15) is 4.31 Å². The molecule has 0 saturated heterocycles. The maximum Gasteiger partial charge on any atom is 0.257 e. The molecule has 0 saturated carbocycles. The van der Waals surface area contributed by atoms with Crippen molar-refractivity contribution in [3.8, 4) is 0 Å². The monoisotopic (exact) mass is 460 g/mol. The molecular weight excluding hydrogens is 432 g/mol. The number of nitrogens with one attached hydrogen (secondary N) is 1. The van der Waals surface area contributed by atoms with E-state index in [2.05, 4.69) is 10.3 Å². The molecule has 0 radical (unpaired) electrons. The van der Waals surface area contributed by atoms with Gasteiger partial charge in [0.25, 0.3) is 5.91 Å². The zero-order valence-corrected chi connectivity index (χ0v) is 19.9. The van der Waals surface area contributed by atoms with E-state index in [4.69, 9.17) is 0 Å². The Morgan fingerprint density at radius 2 is 1.77 bits per heavy atom. The van der Waals surface area contributed by atoms with Gasteiger partial charge in [0.05, 0.1) is 15.1 Å². The molecule has 9 heteroatoms. The van der Waals surface area contributed by atoms with E-state index in [9.17, 15) is 13.2 Å². The minimum atomic E-state index is -3.57. The van der Waals surface area contributed by atoms with E-state index in [1.54, 1.807) is 24.3 Å². The van der Waals surface area contributed by atoms with Crippen molar-refractivity contribution in [2.45, 2.75) is 31.6 Å². The summed E-state index contributed by atoms with van der Waals surface area (Å²) in [5, 5.41) is 3.26. The molecule has 2 aromatic carbocycles. The highest BCUT2D eigenvalue weighted by Gasteiger charge is 2.24. The first-order valence-electron chi connectivity index (χ1n) is 10.3. The van der Waals surface area contributed by atoms with Crippen LogP contribution in [0.5, 0.6) is 0 Å². The molecule has 7 nitrogen and oxygen atoms in total. The maximum atomic E-state index is 13.0. The second kappa shape index (κ2) is 9.76. The average Bonchev–Trinajstić information content (AvgIpc) is 3.15. The number of benzene rings is 2. The highest BCUT2D eigenvalue weighted by Crippen LogP contribution is 2.30. The van der Waals surface area contributed by atoms with Crippen molar-refractivity contribution in [1.29, 1.82) is 0 Å². The van der Waals surface area contributed by atoms with Gasteiger partial charge >= 0.3 is 0 Å². The molecule has 0 aliphatic carbocycles. The number of carbonyl (C=O) groups excluding carboxylic acids is 1. The van der Waals surface area contributed by atoms with Gasteiger partial charge in [-0.15, -0.1) is 0 Å². The first kappa shape index (κ1) is 23.2. The second-order valence-corrected chi connectivity index (χ2v) is 10.4. The van der Waals surface area contributed by atoms with E-state index < -0.39 is 10.0 Å². The van der Waals surface area contributed by atoms with Gasteiger partial charge in [-0.1, -0.05) is 31.3 Å². The molecule has 0 bridgehead atoms. The summed E-state index contributed by atoms with van der Waals surface area (Å²) in [5.41, 5.74) is 2.11. The van der Waals surface area contributed by atoms with Crippen molar-refractivity contribution in [2.75, 3.05) is 37.4 Å². The van der Waals surface area contributed by atoms with E-state index in [1.807, 2.05) is 51.0 Å². The van der Waals surface area contributed by atoms with Crippen molar-refractivity contribution < 1.29 is 13.2 Å². The SMILES string of the molecule is CCCN(CCC)S(=O)(=O)c1ccc2nc(NC(=O)c3cccc(N(C)C)c3)sc2c1. The largest absolute Gasteiger partial charge is 0.378 e. The zero-order valence-electron chi connectivity index (χ0n) is 18.3. The number of hydrogen-bond acceptors (Lipinski definition) is 6. The molecule has 1 amide bonds. The third kappa shape index (κ3) is 5.23. The van der Waals surface area contributed by atoms with Crippen molar-refractivity contribution >= 4 is 48.3 Å². The summed E-state index contributed by atoms with van der Waals surface area (Å²) in [4.78, 5) is 19.3. The van der Waals surface area contributed by atoms with Gasteiger partial charge in [-0.05, 0) is 49.2 Å². The Labute approximate surface area is 187 Å². The lowest BCUT2D eigenvalue weighted by Gasteiger charge is -2.20. The Bertz CT molecular complexity index is 1170. The normalized spacial score (nSPS) is 11.8. The second-order valence-electron chi connectivity index (χ2n) is 7.45. The van der Waals surface area contributed by atoms with Crippen molar-refractivity contribution in [3.05, 3.63) is 48.0 Å². The van der Waals surface area contributed by atoms with Gasteiger partial charge in [0.15, 0.2) is 5.13 Å². The fourth-order valence-corrected chi connectivity index (χ4v) is 5.84. The number of thiazole rings is 1. The van der Waals surface area contributed by atoms with Crippen LogP contribution in [0.1, 0.15) is 37.0 Å². The molecule has 31 heavy (non-hydrogen) atoms. The molecule has 1 aromatic heterocycles. The van der Waals surface area contributed by atoms with Gasteiger partial charge in [0.1, 0.15) is 0 Å². The van der Waals surface area contributed by atoms with Crippen molar-refractivity contribution in [2.24, 2.45) is 0 Å². The molecule has 1 N–H and O–H groups in total. The topological polar surface area (TPSA) is 82.6 Å². The van der Waals surface area contributed by atoms with Crippen LogP contribution in [0.2, 0.25) is 0 Å². The van der Waals surface area contributed by atoms with Gasteiger partial charge in [-0.3, -0.25) is 10.1 Å². The van der Waals surface area contributed by atoms with Gasteiger partial charge < -0.3 is 4.90 Å². The number of nitrogens with zero attached hydrogens (tertiary/aromatic N) is 3. The molecule has 0 fully saturated rings. The molecule has 1 heterocycles. The lowest BCUT2D eigenvalue weighted by atomic mass is 10.2. The van der Waals surface area contributed by atoms with Gasteiger partial charge in [-0.25, -0.2) is 13.4 Å². The summed E-state index contributed by atoms with van der Waals surface area (Å²) >= 11 is 1.26. The van der Waals surface area contributed by atoms with Crippen LogP contribution in [-0.2, 0) is 10.0 Å². The number of fused-ring (bicyclic) bond motifs is 1. The maximum absolute atomic E-state index is 13.0. The Hall–Kier alpha value is -2.49. The third-order valence-corrected chi connectivity index (χ3v) is 7.62. The van der Waals surface area contributed by atoms with Crippen LogP contribution < -0.4 is 10.2 Å². The summed E-state index contributed by atoms with van der Waals surface area (Å²) in [6.07, 6.45) is 1.51. The van der Waals surface area contributed by atoms with E-state index in [0.717, 1.165) is 18.5 Å². The highest BCUT2D eigenvalue weighted by molar-refractivity contribution is 7.89. The first-order chi connectivity index (χ1) is 14.8. The fourth-order valence-electron chi connectivity index (χ4n) is 3.21. The van der Waals surface area contributed by atoms with Crippen molar-refractivity contribution in [1.82, 2.24) is 9.29 Å². The number of anilines is 2. The summed E-state index contributed by atoms with van der Waals surface area (Å²) in [6, 6.07) is 12.2. The molecule has 0 spiro atoms.